The number of nitrogens with one attached hydrogen (secondary N) is 1. The lowest BCUT2D eigenvalue weighted by atomic mass is 9.70. The second-order valence-corrected chi connectivity index (χ2v) is 9.36. The minimum atomic E-state index is -0.316. The molecule has 5 heteroatoms. The van der Waals surface area contributed by atoms with E-state index in [1.807, 2.05) is 57.2 Å². The first-order valence-electron chi connectivity index (χ1n) is 10.6. The third-order valence-electron chi connectivity index (χ3n) is 5.91. The van der Waals surface area contributed by atoms with Gasteiger partial charge in [-0.3, -0.25) is 15.0 Å². The summed E-state index contributed by atoms with van der Waals surface area (Å²) < 4.78 is 0. The van der Waals surface area contributed by atoms with Crippen LogP contribution in [0.5, 0.6) is 0 Å². The number of anilines is 1. The molecule has 0 saturated carbocycles. The molecule has 1 aromatic heterocycles. The van der Waals surface area contributed by atoms with E-state index < -0.39 is 0 Å². The monoisotopic (exact) mass is 414 g/mol. The van der Waals surface area contributed by atoms with Gasteiger partial charge < -0.3 is 0 Å². The van der Waals surface area contributed by atoms with E-state index in [4.69, 9.17) is 0 Å². The fourth-order valence-electron chi connectivity index (χ4n) is 4.43. The van der Waals surface area contributed by atoms with Gasteiger partial charge in [0.05, 0.1) is 0 Å². The van der Waals surface area contributed by atoms with E-state index in [0.29, 0.717) is 29.9 Å². The van der Waals surface area contributed by atoms with Crippen molar-refractivity contribution in [3.63, 3.8) is 0 Å². The summed E-state index contributed by atoms with van der Waals surface area (Å²) in [7, 11) is 0. The number of nitrogens with zero attached hydrogens (tertiary/aromatic N) is 2. The Kier molecular flexibility index (Phi) is 5.29. The molecule has 0 spiro atoms. The van der Waals surface area contributed by atoms with Crippen LogP contribution in [0.1, 0.15) is 56.2 Å². The summed E-state index contributed by atoms with van der Waals surface area (Å²) >= 11 is 0. The average Bonchev–Trinajstić information content (AvgIpc) is 2.66. The van der Waals surface area contributed by atoms with E-state index >= 15 is 0 Å². The topological polar surface area (TPSA) is 62.3 Å². The molecule has 2 aromatic rings. The average molecular weight is 415 g/mol. The smallest absolute Gasteiger partial charge is 0.294 e. The molecule has 4 rings (SSSR count). The van der Waals surface area contributed by atoms with Gasteiger partial charge in [-0.2, -0.15) is 0 Å². The quantitative estimate of drug-likeness (QED) is 0.688. The summed E-state index contributed by atoms with van der Waals surface area (Å²) in [6.45, 7) is 10.0. The summed E-state index contributed by atoms with van der Waals surface area (Å²) in [5.41, 5.74) is 5.12. The molecule has 1 atom stereocenters. The standard InChI is InChI=1S/C26H28N3O2/c1-16-6-8-19(9-7-16)20-13-18(3)29(21-14-26(4,5)15-22(30)24(20)21)25(31)28-23-12-17(2)10-11-27-23/h6-12,20H,14-15H2,1-5H3,(H,27,28,31). The highest BCUT2D eigenvalue weighted by Crippen LogP contribution is 2.46. The Morgan fingerprint density at radius 1 is 1.10 bits per heavy atom. The van der Waals surface area contributed by atoms with Gasteiger partial charge in [0, 0.05) is 35.5 Å². The van der Waals surface area contributed by atoms with Crippen molar-refractivity contribution in [1.82, 2.24) is 9.88 Å². The molecule has 0 fully saturated rings. The Morgan fingerprint density at radius 3 is 2.48 bits per heavy atom. The molecule has 2 aliphatic rings. The normalized spacial score (nSPS) is 20.3. The second kappa shape index (κ2) is 7.80. The Morgan fingerprint density at radius 2 is 1.81 bits per heavy atom. The zero-order valence-corrected chi connectivity index (χ0v) is 18.7. The molecule has 1 aliphatic carbocycles. The van der Waals surface area contributed by atoms with Crippen molar-refractivity contribution >= 4 is 17.6 Å². The number of carbonyl (C=O) groups excluding carboxylic acids is 2. The maximum Gasteiger partial charge on any atom is 0.331 e. The summed E-state index contributed by atoms with van der Waals surface area (Å²) in [6, 6.07) is 11.6. The van der Waals surface area contributed by atoms with Crippen molar-refractivity contribution in [2.45, 2.75) is 53.4 Å². The molecule has 31 heavy (non-hydrogen) atoms. The Balaban J connectivity index is 1.77. The number of allylic oxidation sites excluding steroid dienone is 4. The molecule has 159 valence electrons. The molecule has 1 unspecified atom stereocenters. The zero-order chi connectivity index (χ0) is 22.3. The first-order chi connectivity index (χ1) is 14.6. The van der Waals surface area contributed by atoms with Crippen molar-refractivity contribution in [3.8, 4) is 0 Å². The SMILES string of the molecule is CC1=[C]C(c2ccc(C)cc2)C2=C(CC(C)(C)CC2=O)N1C(=O)Nc1cc(C)ccn1. The molecule has 0 saturated heterocycles. The molecule has 1 N–H and O–H groups in total. The van der Waals surface area contributed by atoms with Crippen molar-refractivity contribution < 1.29 is 9.59 Å². The van der Waals surface area contributed by atoms with E-state index in [2.05, 4.69) is 30.2 Å². The third kappa shape index (κ3) is 4.18. The number of pyridine rings is 1. The van der Waals surface area contributed by atoms with Crippen LogP contribution in [0.3, 0.4) is 0 Å². The number of benzene rings is 1. The van der Waals surface area contributed by atoms with Crippen molar-refractivity contribution in [2.24, 2.45) is 5.41 Å². The van der Waals surface area contributed by atoms with E-state index in [9.17, 15) is 9.59 Å². The van der Waals surface area contributed by atoms with Crippen LogP contribution < -0.4 is 5.32 Å². The number of aromatic nitrogens is 1. The molecule has 1 radical (unpaired) electrons. The number of Topliss-reactive ketones (excluding diaryl/α,β-unsaturated/α-hetero) is 1. The maximum absolute atomic E-state index is 13.3. The van der Waals surface area contributed by atoms with Crippen LogP contribution >= 0.6 is 0 Å². The lowest BCUT2D eigenvalue weighted by Gasteiger charge is -2.41. The molecular formula is C26H28N3O2. The van der Waals surface area contributed by atoms with E-state index in [1.54, 1.807) is 11.1 Å². The van der Waals surface area contributed by atoms with Gasteiger partial charge in [-0.15, -0.1) is 0 Å². The van der Waals surface area contributed by atoms with E-state index in [-0.39, 0.29) is 23.1 Å². The van der Waals surface area contributed by atoms with Crippen LogP contribution in [-0.4, -0.2) is 21.7 Å². The number of hydrogen-bond acceptors (Lipinski definition) is 3. The van der Waals surface area contributed by atoms with Crippen molar-refractivity contribution in [3.05, 3.63) is 82.3 Å². The highest BCUT2D eigenvalue weighted by molar-refractivity contribution is 6.01. The van der Waals surface area contributed by atoms with Crippen molar-refractivity contribution in [1.29, 1.82) is 0 Å². The highest BCUT2D eigenvalue weighted by Gasteiger charge is 2.42. The Labute approximate surface area is 183 Å². The van der Waals surface area contributed by atoms with E-state index in [1.165, 1.54) is 0 Å². The van der Waals surface area contributed by atoms with Crippen LogP contribution in [0, 0.1) is 25.3 Å². The lowest BCUT2D eigenvalue weighted by Crippen LogP contribution is -2.42. The molecule has 5 nitrogen and oxygen atoms in total. The number of aryl methyl sites for hydroxylation is 2. The number of amides is 2. The molecule has 2 heterocycles. The largest absolute Gasteiger partial charge is 0.331 e. The molecular weight excluding hydrogens is 386 g/mol. The van der Waals surface area contributed by atoms with Crippen LogP contribution in [-0.2, 0) is 4.79 Å². The van der Waals surface area contributed by atoms with Gasteiger partial charge in [0.1, 0.15) is 5.82 Å². The summed E-state index contributed by atoms with van der Waals surface area (Å²) in [5.74, 6) is 0.311. The van der Waals surface area contributed by atoms with Crippen LogP contribution in [0.25, 0.3) is 0 Å². The van der Waals surface area contributed by atoms with Gasteiger partial charge in [-0.1, -0.05) is 43.7 Å². The van der Waals surface area contributed by atoms with Gasteiger partial charge >= 0.3 is 6.03 Å². The molecule has 1 aromatic carbocycles. The van der Waals surface area contributed by atoms with Gasteiger partial charge in [-0.25, -0.2) is 9.78 Å². The van der Waals surface area contributed by atoms with Crippen LogP contribution in [0.2, 0.25) is 0 Å². The van der Waals surface area contributed by atoms with E-state index in [0.717, 1.165) is 22.4 Å². The minimum absolute atomic E-state index is 0.0864. The second-order valence-electron chi connectivity index (χ2n) is 9.36. The number of rotatable bonds is 2. The van der Waals surface area contributed by atoms with Crippen molar-refractivity contribution in [2.75, 3.05) is 5.32 Å². The molecule has 2 amide bonds. The third-order valence-corrected chi connectivity index (χ3v) is 5.91. The number of urea groups is 1. The summed E-state index contributed by atoms with van der Waals surface area (Å²) in [4.78, 5) is 32.5. The Bertz CT molecular complexity index is 1110. The predicted octanol–water partition coefficient (Wildman–Crippen LogP) is 5.68. The maximum atomic E-state index is 13.3. The number of ketones is 1. The fourth-order valence-corrected chi connectivity index (χ4v) is 4.43. The van der Waals surface area contributed by atoms with Gasteiger partial charge in [0.2, 0.25) is 0 Å². The summed E-state index contributed by atoms with van der Waals surface area (Å²) in [5, 5.41) is 2.89. The van der Waals surface area contributed by atoms with Crippen LogP contribution in [0.4, 0.5) is 10.6 Å². The first kappa shape index (κ1) is 21.0. The van der Waals surface area contributed by atoms with Gasteiger partial charge in [-0.05, 0) is 61.9 Å². The van der Waals surface area contributed by atoms with Crippen LogP contribution in [0.15, 0.2) is 59.6 Å². The minimum Gasteiger partial charge on any atom is -0.294 e. The lowest BCUT2D eigenvalue weighted by molar-refractivity contribution is -0.118. The Hall–Kier alpha value is -3.21. The molecule has 1 aliphatic heterocycles. The first-order valence-corrected chi connectivity index (χ1v) is 10.6. The number of carbonyl (C=O) groups is 2. The highest BCUT2D eigenvalue weighted by atomic mass is 16.2. The zero-order valence-electron chi connectivity index (χ0n) is 18.7. The predicted molar refractivity (Wildman–Crippen MR) is 121 cm³/mol. The van der Waals surface area contributed by atoms with Gasteiger partial charge in [0.15, 0.2) is 5.78 Å². The molecule has 0 bridgehead atoms. The number of hydrogen-bond donors (Lipinski definition) is 1. The van der Waals surface area contributed by atoms with Gasteiger partial charge in [0.25, 0.3) is 0 Å². The summed E-state index contributed by atoms with van der Waals surface area (Å²) in [6.07, 6.45) is 6.19. The fraction of sp³-hybridized carbons (Fsp3) is 0.346.